The Morgan fingerprint density at radius 1 is 1.64 bits per heavy atom. The van der Waals surface area contributed by atoms with E-state index in [0.29, 0.717) is 11.0 Å². The molecule has 1 aromatic rings. The first-order valence-electron chi connectivity index (χ1n) is 2.93. The van der Waals surface area contributed by atoms with E-state index in [1.165, 1.54) is 6.07 Å². The average Bonchev–Trinajstić information content (AvgIpc) is 2.04. The van der Waals surface area contributed by atoms with E-state index in [1.807, 2.05) is 0 Å². The zero-order valence-corrected chi connectivity index (χ0v) is 7.18. The van der Waals surface area contributed by atoms with E-state index in [2.05, 4.69) is 38.0 Å². The molecule has 0 spiro atoms. The molecule has 11 heavy (non-hydrogen) atoms. The molecule has 0 aliphatic carbocycles. The lowest BCUT2D eigenvalue weighted by molar-refractivity contribution is 0.974. The smallest absolute Gasteiger partial charge is 0.264 e. The van der Waals surface area contributed by atoms with Gasteiger partial charge in [0.2, 0.25) is 0 Å². The van der Waals surface area contributed by atoms with Gasteiger partial charge in [-0.05, 0) is 12.0 Å². The zero-order chi connectivity index (χ0) is 8.10. The molecule has 0 aromatic carbocycles. The second-order valence-corrected chi connectivity index (χ2v) is 2.30. The van der Waals surface area contributed by atoms with Crippen LogP contribution in [0.15, 0.2) is 16.9 Å². The molecule has 1 heterocycles. The first-order valence-corrected chi connectivity index (χ1v) is 4.05. The Morgan fingerprint density at radius 3 is 3.00 bits per heavy atom. The highest BCUT2D eigenvalue weighted by Crippen LogP contribution is 1.83. The van der Waals surface area contributed by atoms with Crippen molar-refractivity contribution in [2.24, 2.45) is 0 Å². The Balaban J connectivity index is 2.90. The Hall–Kier alpha value is -1.08. The number of nitrogens with zero attached hydrogens (tertiary/aromatic N) is 1. The van der Waals surface area contributed by atoms with Gasteiger partial charge in [-0.25, -0.2) is 5.10 Å². The summed E-state index contributed by atoms with van der Waals surface area (Å²) in [6.45, 7) is 0. The van der Waals surface area contributed by atoms with Gasteiger partial charge in [0.1, 0.15) is 5.69 Å². The summed E-state index contributed by atoms with van der Waals surface area (Å²) in [5.41, 5.74) is 0.360. The van der Waals surface area contributed by atoms with Gasteiger partial charge in [0.25, 0.3) is 5.56 Å². The summed E-state index contributed by atoms with van der Waals surface area (Å²) in [6.07, 6.45) is 0. The van der Waals surface area contributed by atoms with Crippen molar-refractivity contribution in [3.8, 4) is 11.8 Å². The molecule has 1 aromatic heterocycles. The van der Waals surface area contributed by atoms with Crippen molar-refractivity contribution in [2.75, 3.05) is 5.33 Å². The lowest BCUT2D eigenvalue weighted by Gasteiger charge is -1.83. The molecule has 3 nitrogen and oxygen atoms in total. The fourth-order valence-corrected chi connectivity index (χ4v) is 0.678. The van der Waals surface area contributed by atoms with Gasteiger partial charge in [0.05, 0.1) is 5.33 Å². The quantitative estimate of drug-likeness (QED) is 0.504. The van der Waals surface area contributed by atoms with E-state index >= 15 is 0 Å². The lowest BCUT2D eigenvalue weighted by Crippen LogP contribution is -2.05. The van der Waals surface area contributed by atoms with Gasteiger partial charge in [0.15, 0.2) is 0 Å². The van der Waals surface area contributed by atoms with Crippen LogP contribution in [0.3, 0.4) is 0 Å². The predicted molar refractivity (Wildman–Crippen MR) is 45.5 cm³/mol. The van der Waals surface area contributed by atoms with Crippen molar-refractivity contribution < 1.29 is 0 Å². The average molecular weight is 213 g/mol. The summed E-state index contributed by atoms with van der Waals surface area (Å²) in [4.78, 5) is 10.5. The standard InChI is InChI=1S/C7H5BrN2O/c8-5-1-2-6-3-4-7(11)10-9-6/h3-4H,5H2,(H,10,11). The minimum Gasteiger partial charge on any atom is -0.268 e. The van der Waals surface area contributed by atoms with Gasteiger partial charge in [0, 0.05) is 6.07 Å². The molecule has 0 radical (unpaired) electrons. The molecule has 0 amide bonds. The first kappa shape index (κ1) is 8.02. The number of hydrogen-bond donors (Lipinski definition) is 1. The molecule has 0 fully saturated rings. The molecule has 1 rings (SSSR count). The molecule has 0 atom stereocenters. The molecular formula is C7H5BrN2O. The van der Waals surface area contributed by atoms with Gasteiger partial charge >= 0.3 is 0 Å². The van der Waals surface area contributed by atoms with Crippen LogP contribution in [0.1, 0.15) is 5.69 Å². The summed E-state index contributed by atoms with van der Waals surface area (Å²) < 4.78 is 0. The number of hydrogen-bond acceptors (Lipinski definition) is 2. The number of rotatable bonds is 0. The first-order chi connectivity index (χ1) is 5.33. The summed E-state index contributed by atoms with van der Waals surface area (Å²) in [7, 11) is 0. The number of aromatic nitrogens is 2. The molecule has 0 aliphatic rings. The maximum Gasteiger partial charge on any atom is 0.264 e. The lowest BCUT2D eigenvalue weighted by atomic mass is 10.4. The Bertz CT molecular complexity index is 327. The third-order valence-corrected chi connectivity index (χ3v) is 1.24. The molecule has 1 N–H and O–H groups in total. The monoisotopic (exact) mass is 212 g/mol. The van der Waals surface area contributed by atoms with Crippen molar-refractivity contribution in [3.63, 3.8) is 0 Å². The second-order valence-electron chi connectivity index (χ2n) is 1.74. The van der Waals surface area contributed by atoms with Gasteiger partial charge in [-0.3, -0.25) is 4.79 Å². The number of H-pyrrole nitrogens is 1. The van der Waals surface area contributed by atoms with Crippen LogP contribution in [0, 0.1) is 11.8 Å². The number of alkyl halides is 1. The molecule has 0 bridgehead atoms. The molecule has 4 heteroatoms. The fourth-order valence-electron chi connectivity index (χ4n) is 0.538. The van der Waals surface area contributed by atoms with Gasteiger partial charge in [-0.2, -0.15) is 5.10 Å². The third-order valence-electron chi connectivity index (χ3n) is 0.962. The van der Waals surface area contributed by atoms with E-state index < -0.39 is 0 Å². The van der Waals surface area contributed by atoms with Crippen LogP contribution < -0.4 is 5.56 Å². The van der Waals surface area contributed by atoms with Gasteiger partial charge in [-0.1, -0.05) is 21.9 Å². The van der Waals surface area contributed by atoms with Gasteiger partial charge in [-0.15, -0.1) is 0 Å². The SMILES string of the molecule is O=c1ccc(C#CCBr)n[nH]1. The minimum absolute atomic E-state index is 0.214. The highest BCUT2D eigenvalue weighted by atomic mass is 79.9. The molecule has 0 aliphatic heterocycles. The molecule has 0 saturated heterocycles. The Kier molecular flexibility index (Phi) is 2.87. The van der Waals surface area contributed by atoms with Crippen LogP contribution in [-0.2, 0) is 0 Å². The van der Waals surface area contributed by atoms with Crippen LogP contribution in [0.5, 0.6) is 0 Å². The van der Waals surface area contributed by atoms with Crippen LogP contribution in [0.25, 0.3) is 0 Å². The summed E-state index contributed by atoms with van der Waals surface area (Å²) in [5, 5.41) is 6.57. The normalized spacial score (nSPS) is 8.45. The van der Waals surface area contributed by atoms with Crippen LogP contribution in [0.4, 0.5) is 0 Å². The summed E-state index contributed by atoms with van der Waals surface area (Å²) in [5.74, 6) is 5.51. The van der Waals surface area contributed by atoms with Gasteiger partial charge < -0.3 is 0 Å². The molecule has 56 valence electrons. The van der Waals surface area contributed by atoms with Crippen LogP contribution in [0.2, 0.25) is 0 Å². The fraction of sp³-hybridized carbons (Fsp3) is 0.143. The second kappa shape index (κ2) is 3.94. The maximum absolute atomic E-state index is 10.5. The highest BCUT2D eigenvalue weighted by Gasteiger charge is 1.85. The predicted octanol–water partition coefficient (Wildman–Crippen LogP) is 0.516. The maximum atomic E-state index is 10.5. The van der Waals surface area contributed by atoms with Crippen molar-refractivity contribution in [1.82, 2.24) is 10.2 Å². The zero-order valence-electron chi connectivity index (χ0n) is 5.60. The highest BCUT2D eigenvalue weighted by molar-refractivity contribution is 9.09. The van der Waals surface area contributed by atoms with E-state index in [-0.39, 0.29) is 5.56 Å². The van der Waals surface area contributed by atoms with Crippen molar-refractivity contribution in [1.29, 1.82) is 0 Å². The Morgan fingerprint density at radius 2 is 2.45 bits per heavy atom. The van der Waals surface area contributed by atoms with Crippen molar-refractivity contribution >= 4 is 15.9 Å². The van der Waals surface area contributed by atoms with Crippen molar-refractivity contribution in [3.05, 3.63) is 28.2 Å². The Labute approximate surface area is 72.0 Å². The van der Waals surface area contributed by atoms with E-state index in [9.17, 15) is 4.79 Å². The minimum atomic E-state index is -0.214. The molecular weight excluding hydrogens is 208 g/mol. The summed E-state index contributed by atoms with van der Waals surface area (Å²) in [6, 6.07) is 2.97. The molecule has 0 unspecified atom stereocenters. The van der Waals surface area contributed by atoms with Crippen LogP contribution in [-0.4, -0.2) is 15.5 Å². The largest absolute Gasteiger partial charge is 0.268 e. The van der Waals surface area contributed by atoms with Crippen molar-refractivity contribution in [2.45, 2.75) is 0 Å². The number of nitrogens with one attached hydrogen (secondary N) is 1. The summed E-state index contributed by atoms with van der Waals surface area (Å²) >= 11 is 3.15. The number of aromatic amines is 1. The topological polar surface area (TPSA) is 45.8 Å². The van der Waals surface area contributed by atoms with E-state index in [4.69, 9.17) is 0 Å². The van der Waals surface area contributed by atoms with E-state index in [1.54, 1.807) is 6.07 Å². The van der Waals surface area contributed by atoms with E-state index in [0.717, 1.165) is 0 Å². The third kappa shape index (κ3) is 2.56. The molecule has 0 saturated carbocycles. The van der Waals surface area contributed by atoms with Crippen LogP contribution >= 0.6 is 15.9 Å². The number of halogens is 1.